The van der Waals surface area contributed by atoms with Crippen molar-refractivity contribution >= 4 is 17.5 Å². The second-order valence-corrected chi connectivity index (χ2v) is 5.79. The number of fused-ring (bicyclic) bond motifs is 1. The molecule has 1 N–H and O–H groups in total. The van der Waals surface area contributed by atoms with E-state index in [-0.39, 0.29) is 11.8 Å². The van der Waals surface area contributed by atoms with Crippen LogP contribution in [0.5, 0.6) is 0 Å². The number of nitrogens with one attached hydrogen (secondary N) is 1. The van der Waals surface area contributed by atoms with Crippen LogP contribution in [0.4, 0.5) is 5.69 Å². The third-order valence-corrected chi connectivity index (χ3v) is 3.56. The first-order chi connectivity index (χ1) is 9.47. The number of benzene rings is 1. The van der Waals surface area contributed by atoms with E-state index in [1.165, 1.54) is 0 Å². The first-order valence-electron chi connectivity index (χ1n) is 7.12. The average molecular weight is 274 g/mol. The summed E-state index contributed by atoms with van der Waals surface area (Å²) in [5, 5.41) is 2.92. The molecule has 1 heterocycles. The summed E-state index contributed by atoms with van der Waals surface area (Å²) in [6, 6.07) is 5.92. The van der Waals surface area contributed by atoms with Gasteiger partial charge in [-0.25, -0.2) is 0 Å². The van der Waals surface area contributed by atoms with E-state index in [9.17, 15) is 9.59 Å². The van der Waals surface area contributed by atoms with Gasteiger partial charge in [0.15, 0.2) is 0 Å². The summed E-state index contributed by atoms with van der Waals surface area (Å²) in [5.74, 6) is 0.668. The zero-order valence-electron chi connectivity index (χ0n) is 12.4. The molecule has 2 amide bonds. The number of aryl methyl sites for hydroxylation is 1. The number of hydrogen-bond acceptors (Lipinski definition) is 2. The van der Waals surface area contributed by atoms with Crippen LogP contribution < -0.4 is 10.2 Å². The third kappa shape index (κ3) is 3.38. The van der Waals surface area contributed by atoms with Gasteiger partial charge in [-0.3, -0.25) is 9.59 Å². The smallest absolute Gasteiger partial charge is 0.227 e. The van der Waals surface area contributed by atoms with Crippen molar-refractivity contribution in [2.45, 2.75) is 33.1 Å². The second kappa shape index (κ2) is 6.07. The van der Waals surface area contributed by atoms with E-state index < -0.39 is 0 Å². The van der Waals surface area contributed by atoms with Crippen LogP contribution in [0, 0.1) is 5.92 Å². The molecule has 1 aromatic carbocycles. The van der Waals surface area contributed by atoms with Crippen molar-refractivity contribution in [1.82, 2.24) is 5.32 Å². The van der Waals surface area contributed by atoms with Gasteiger partial charge in [0.05, 0.1) is 6.42 Å². The minimum atomic E-state index is 0.0545. The molecular formula is C16H22N2O2. The number of amides is 2. The number of carbonyl (C=O) groups is 2. The number of rotatable bonds is 4. The van der Waals surface area contributed by atoms with E-state index in [1.807, 2.05) is 18.2 Å². The first-order valence-corrected chi connectivity index (χ1v) is 7.12. The highest BCUT2D eigenvalue weighted by Gasteiger charge is 2.20. The molecule has 1 aliphatic heterocycles. The van der Waals surface area contributed by atoms with Gasteiger partial charge in [-0.05, 0) is 29.5 Å². The predicted octanol–water partition coefficient (Wildman–Crippen LogP) is 1.91. The van der Waals surface area contributed by atoms with Crippen LogP contribution in [-0.4, -0.2) is 25.4 Å². The second-order valence-electron chi connectivity index (χ2n) is 5.79. The summed E-state index contributed by atoms with van der Waals surface area (Å²) < 4.78 is 0. The van der Waals surface area contributed by atoms with Gasteiger partial charge < -0.3 is 10.2 Å². The van der Waals surface area contributed by atoms with Crippen LogP contribution >= 0.6 is 0 Å². The molecule has 0 radical (unpaired) electrons. The maximum atomic E-state index is 11.8. The zero-order valence-corrected chi connectivity index (χ0v) is 12.4. The lowest BCUT2D eigenvalue weighted by atomic mass is 9.98. The fourth-order valence-electron chi connectivity index (χ4n) is 2.39. The van der Waals surface area contributed by atoms with Crippen molar-refractivity contribution in [3.63, 3.8) is 0 Å². The molecule has 0 spiro atoms. The highest BCUT2D eigenvalue weighted by Crippen LogP contribution is 2.27. The Hall–Kier alpha value is -1.84. The van der Waals surface area contributed by atoms with Crippen LogP contribution in [0.2, 0.25) is 0 Å². The van der Waals surface area contributed by atoms with Gasteiger partial charge in [0.2, 0.25) is 11.8 Å². The summed E-state index contributed by atoms with van der Waals surface area (Å²) in [4.78, 5) is 25.2. The van der Waals surface area contributed by atoms with Crippen LogP contribution in [0.15, 0.2) is 18.2 Å². The summed E-state index contributed by atoms with van der Waals surface area (Å²) in [6.45, 7) is 4.86. The molecule has 0 fully saturated rings. The van der Waals surface area contributed by atoms with E-state index >= 15 is 0 Å². The largest absolute Gasteiger partial charge is 0.356 e. The van der Waals surface area contributed by atoms with Gasteiger partial charge in [-0.1, -0.05) is 26.0 Å². The monoisotopic (exact) mass is 274 g/mol. The fourth-order valence-corrected chi connectivity index (χ4v) is 2.39. The maximum absolute atomic E-state index is 11.8. The zero-order chi connectivity index (χ0) is 14.7. The van der Waals surface area contributed by atoms with Crippen molar-refractivity contribution in [3.8, 4) is 0 Å². The third-order valence-electron chi connectivity index (χ3n) is 3.56. The topological polar surface area (TPSA) is 49.4 Å². The van der Waals surface area contributed by atoms with E-state index in [2.05, 4.69) is 19.2 Å². The fraction of sp³-hybridized carbons (Fsp3) is 0.500. The van der Waals surface area contributed by atoms with Crippen molar-refractivity contribution in [2.24, 2.45) is 5.92 Å². The van der Waals surface area contributed by atoms with Crippen molar-refractivity contribution in [2.75, 3.05) is 18.5 Å². The van der Waals surface area contributed by atoms with E-state index in [4.69, 9.17) is 0 Å². The highest BCUT2D eigenvalue weighted by molar-refractivity contribution is 5.96. The molecule has 20 heavy (non-hydrogen) atoms. The van der Waals surface area contributed by atoms with Gasteiger partial charge in [-0.15, -0.1) is 0 Å². The van der Waals surface area contributed by atoms with Gasteiger partial charge in [0.1, 0.15) is 0 Å². The summed E-state index contributed by atoms with van der Waals surface area (Å²) in [6.07, 6.45) is 1.71. The number of carbonyl (C=O) groups excluding carboxylic acids is 2. The molecule has 2 rings (SSSR count). The van der Waals surface area contributed by atoms with Crippen LogP contribution in [0.3, 0.4) is 0 Å². The lowest BCUT2D eigenvalue weighted by molar-refractivity contribution is -0.120. The molecule has 0 bridgehead atoms. The Labute approximate surface area is 120 Å². The minimum Gasteiger partial charge on any atom is -0.356 e. The number of nitrogens with zero attached hydrogens (tertiary/aromatic N) is 1. The standard InChI is InChI=1S/C16H22N2O2/c1-11(2)10-17-15(19)9-12-4-6-14-13(8-12)5-7-16(20)18(14)3/h4,6,8,11H,5,7,9-10H2,1-3H3,(H,17,19). The summed E-state index contributed by atoms with van der Waals surface area (Å²) in [7, 11) is 1.80. The molecular weight excluding hydrogens is 252 g/mol. The Morgan fingerprint density at radius 2 is 2.10 bits per heavy atom. The molecule has 108 valence electrons. The lowest BCUT2D eigenvalue weighted by Crippen LogP contribution is -2.31. The van der Waals surface area contributed by atoms with Gasteiger partial charge >= 0.3 is 0 Å². The average Bonchev–Trinajstić information content (AvgIpc) is 2.41. The Balaban J connectivity index is 2.04. The Morgan fingerprint density at radius 1 is 1.35 bits per heavy atom. The predicted molar refractivity (Wildman–Crippen MR) is 79.7 cm³/mol. The summed E-state index contributed by atoms with van der Waals surface area (Å²) in [5.41, 5.74) is 3.13. The van der Waals surface area contributed by atoms with Crippen LogP contribution in [0.1, 0.15) is 31.4 Å². The van der Waals surface area contributed by atoms with Gasteiger partial charge in [0.25, 0.3) is 0 Å². The summed E-state index contributed by atoms with van der Waals surface area (Å²) >= 11 is 0. The normalized spacial score (nSPS) is 14.4. The maximum Gasteiger partial charge on any atom is 0.227 e. The van der Waals surface area contributed by atoms with Crippen molar-refractivity contribution in [3.05, 3.63) is 29.3 Å². The van der Waals surface area contributed by atoms with E-state index in [0.29, 0.717) is 25.3 Å². The molecule has 1 aliphatic rings. The number of hydrogen-bond donors (Lipinski definition) is 1. The Bertz CT molecular complexity index is 523. The van der Waals surface area contributed by atoms with Crippen molar-refractivity contribution in [1.29, 1.82) is 0 Å². The molecule has 4 heteroatoms. The quantitative estimate of drug-likeness (QED) is 0.912. The molecule has 0 atom stereocenters. The molecule has 0 unspecified atom stereocenters. The molecule has 0 saturated heterocycles. The molecule has 0 aliphatic carbocycles. The number of anilines is 1. The van der Waals surface area contributed by atoms with Crippen molar-refractivity contribution < 1.29 is 9.59 Å². The Kier molecular flexibility index (Phi) is 4.42. The van der Waals surface area contributed by atoms with Crippen LogP contribution in [-0.2, 0) is 22.4 Å². The SMILES string of the molecule is CC(C)CNC(=O)Cc1ccc2c(c1)CCC(=O)N2C. The minimum absolute atomic E-state index is 0.0545. The molecule has 1 aromatic rings. The van der Waals surface area contributed by atoms with E-state index in [1.54, 1.807) is 11.9 Å². The van der Waals surface area contributed by atoms with Gasteiger partial charge in [-0.2, -0.15) is 0 Å². The lowest BCUT2D eigenvalue weighted by Gasteiger charge is -2.26. The highest BCUT2D eigenvalue weighted by atomic mass is 16.2. The molecule has 0 aromatic heterocycles. The molecule has 0 saturated carbocycles. The van der Waals surface area contributed by atoms with E-state index in [0.717, 1.165) is 23.2 Å². The first kappa shape index (κ1) is 14.6. The van der Waals surface area contributed by atoms with Gasteiger partial charge in [0, 0.05) is 25.7 Å². The molecule has 4 nitrogen and oxygen atoms in total. The van der Waals surface area contributed by atoms with Crippen LogP contribution in [0.25, 0.3) is 0 Å². The Morgan fingerprint density at radius 3 is 2.80 bits per heavy atom.